The Labute approximate surface area is 250 Å². The van der Waals surface area contributed by atoms with E-state index >= 15 is 0 Å². The first-order valence-electron chi connectivity index (χ1n) is 13.0. The fraction of sp³-hybridized carbons (Fsp3) is 0.379. The summed E-state index contributed by atoms with van der Waals surface area (Å²) in [4.78, 5) is 21.2. The van der Waals surface area contributed by atoms with Gasteiger partial charge in [-0.25, -0.2) is 13.4 Å². The van der Waals surface area contributed by atoms with Crippen molar-refractivity contribution in [2.75, 3.05) is 36.2 Å². The van der Waals surface area contributed by atoms with Crippen LogP contribution in [0.1, 0.15) is 37.0 Å². The number of aromatic nitrogens is 1. The molecule has 0 N–H and O–H groups in total. The first-order valence-corrected chi connectivity index (χ1v) is 15.3. The molecule has 0 spiro atoms. The Hall–Kier alpha value is -3.32. The molecule has 1 aromatic heterocycles. The fourth-order valence-electron chi connectivity index (χ4n) is 5.03. The third-order valence-corrected chi connectivity index (χ3v) is 9.54. The van der Waals surface area contributed by atoms with Crippen molar-refractivity contribution in [3.8, 4) is 11.1 Å². The van der Waals surface area contributed by atoms with Gasteiger partial charge >= 0.3 is 12.4 Å². The Morgan fingerprint density at radius 1 is 0.953 bits per heavy atom. The summed E-state index contributed by atoms with van der Waals surface area (Å²) in [5, 5.41) is -0.277. The molecule has 0 aliphatic carbocycles. The number of hydrogen-bond acceptors (Lipinski definition) is 5. The lowest BCUT2D eigenvalue weighted by Crippen LogP contribution is -2.42. The fourth-order valence-corrected chi connectivity index (χ4v) is 6.25. The van der Waals surface area contributed by atoms with Crippen LogP contribution in [0.25, 0.3) is 11.1 Å². The molecule has 6 nitrogen and oxygen atoms in total. The second-order valence-electron chi connectivity index (χ2n) is 11.0. The second kappa shape index (κ2) is 11.3. The number of halogens is 7. The maximum atomic E-state index is 13.9. The number of anilines is 2. The molecule has 14 heteroatoms. The quantitative estimate of drug-likeness (QED) is 0.270. The van der Waals surface area contributed by atoms with Crippen molar-refractivity contribution in [3.63, 3.8) is 0 Å². The summed E-state index contributed by atoms with van der Waals surface area (Å²) in [5.74, 6) is -0.390. The number of amides is 1. The van der Waals surface area contributed by atoms with Crippen molar-refractivity contribution in [1.82, 2.24) is 4.98 Å². The lowest BCUT2D eigenvalue weighted by Gasteiger charge is -2.32. The van der Waals surface area contributed by atoms with E-state index in [1.807, 2.05) is 0 Å². The smallest absolute Gasteiger partial charge is 0.355 e. The topological polar surface area (TPSA) is 70.6 Å². The van der Waals surface area contributed by atoms with Gasteiger partial charge in [0, 0.05) is 42.5 Å². The molecule has 1 aliphatic rings. The van der Waals surface area contributed by atoms with Gasteiger partial charge in [-0.3, -0.25) is 4.79 Å². The number of hydrogen-bond donors (Lipinski definition) is 0. The van der Waals surface area contributed by atoms with Gasteiger partial charge in [-0.1, -0.05) is 29.8 Å². The number of pyridine rings is 1. The van der Waals surface area contributed by atoms with Crippen LogP contribution in [0.3, 0.4) is 0 Å². The lowest BCUT2D eigenvalue weighted by molar-refractivity contribution is -0.143. The van der Waals surface area contributed by atoms with E-state index < -0.39 is 55.5 Å². The minimum absolute atomic E-state index is 0.0125. The number of carbonyl (C=O) groups is 1. The minimum Gasteiger partial charge on any atom is -0.355 e. The van der Waals surface area contributed by atoms with Gasteiger partial charge in [-0.2, -0.15) is 26.3 Å². The van der Waals surface area contributed by atoms with Gasteiger partial charge in [0.05, 0.1) is 33.7 Å². The van der Waals surface area contributed by atoms with Gasteiger partial charge in [0.25, 0.3) is 0 Å². The monoisotopic (exact) mass is 647 g/mol. The third-order valence-electron chi connectivity index (χ3n) is 7.62. The van der Waals surface area contributed by atoms with Gasteiger partial charge < -0.3 is 9.80 Å². The van der Waals surface area contributed by atoms with Crippen molar-refractivity contribution >= 4 is 38.9 Å². The maximum Gasteiger partial charge on any atom is 0.416 e. The molecule has 1 unspecified atom stereocenters. The molecule has 1 fully saturated rings. The molecule has 3 aromatic rings. The average Bonchev–Trinajstić information content (AvgIpc) is 3.42. The highest BCUT2D eigenvalue weighted by molar-refractivity contribution is 7.91. The van der Waals surface area contributed by atoms with Crippen molar-refractivity contribution in [2.45, 2.75) is 43.3 Å². The second-order valence-corrected chi connectivity index (χ2v) is 13.7. The summed E-state index contributed by atoms with van der Waals surface area (Å²) >= 11 is 6.49. The molecule has 1 saturated heterocycles. The predicted octanol–water partition coefficient (Wildman–Crippen LogP) is 7.00. The van der Waals surface area contributed by atoms with E-state index in [0.717, 1.165) is 11.2 Å². The van der Waals surface area contributed by atoms with E-state index in [1.54, 1.807) is 35.2 Å². The van der Waals surface area contributed by atoms with Crippen molar-refractivity contribution < 1.29 is 39.6 Å². The first-order chi connectivity index (χ1) is 19.7. The molecule has 2 aromatic carbocycles. The summed E-state index contributed by atoms with van der Waals surface area (Å²) in [6.45, 7) is 3.10. The molecule has 232 valence electrons. The van der Waals surface area contributed by atoms with Crippen LogP contribution in [0.5, 0.6) is 0 Å². The van der Waals surface area contributed by atoms with Crippen molar-refractivity contribution in [3.05, 3.63) is 76.4 Å². The molecule has 0 bridgehead atoms. The molecule has 0 radical (unpaired) electrons. The summed E-state index contributed by atoms with van der Waals surface area (Å²) in [7, 11) is -1.95. The van der Waals surface area contributed by atoms with Crippen LogP contribution in [0.2, 0.25) is 5.02 Å². The van der Waals surface area contributed by atoms with Gasteiger partial charge in [-0.15, -0.1) is 0 Å². The summed E-state index contributed by atoms with van der Waals surface area (Å²) in [6, 6.07) is 9.42. The summed E-state index contributed by atoms with van der Waals surface area (Å²) < 4.78 is 106. The maximum absolute atomic E-state index is 13.9. The summed E-state index contributed by atoms with van der Waals surface area (Å²) in [5.41, 5.74) is -4.29. The normalized spacial score (nSPS) is 16.4. The molecular formula is C29H28ClF6N3O3S. The SMILES string of the molecule is CN(C(=O)C(C)(C)c1cc(C(F)(F)F)cc(C(F)(F)F)c1)c1cnc(N2CCC(S(C)(=O)=O)C2)cc1-c1ccccc1Cl. The van der Waals surface area contributed by atoms with Crippen LogP contribution in [0, 0.1) is 0 Å². The molecule has 2 heterocycles. The number of nitrogens with zero attached hydrogens (tertiary/aromatic N) is 3. The molecule has 4 rings (SSSR count). The average molecular weight is 648 g/mol. The van der Waals surface area contributed by atoms with Gasteiger partial charge in [-0.05, 0) is 56.2 Å². The Morgan fingerprint density at radius 3 is 2.02 bits per heavy atom. The molecule has 43 heavy (non-hydrogen) atoms. The Kier molecular flexibility index (Phi) is 8.57. The Morgan fingerprint density at radius 2 is 1.51 bits per heavy atom. The highest BCUT2D eigenvalue weighted by atomic mass is 35.5. The van der Waals surface area contributed by atoms with Crippen molar-refractivity contribution in [1.29, 1.82) is 0 Å². The number of alkyl halides is 6. The number of likely N-dealkylation sites (N-methyl/N-ethyl adjacent to an activating group) is 1. The van der Waals surface area contributed by atoms with E-state index in [9.17, 15) is 39.6 Å². The summed E-state index contributed by atoms with van der Waals surface area (Å²) in [6.07, 6.45) is -7.25. The Balaban J connectivity index is 1.80. The van der Waals surface area contributed by atoms with E-state index in [-0.39, 0.29) is 18.3 Å². The molecule has 1 aliphatic heterocycles. The van der Waals surface area contributed by atoms with Gasteiger partial charge in [0.2, 0.25) is 5.91 Å². The van der Waals surface area contributed by atoms with Crippen LogP contribution in [-0.2, 0) is 32.4 Å². The first kappa shape index (κ1) is 32.6. The number of sulfone groups is 1. The van der Waals surface area contributed by atoms with Crippen LogP contribution in [0.15, 0.2) is 54.7 Å². The zero-order chi connectivity index (χ0) is 32.1. The third kappa shape index (κ3) is 6.77. The van der Waals surface area contributed by atoms with E-state index in [2.05, 4.69) is 4.98 Å². The molecular weight excluding hydrogens is 620 g/mol. The van der Waals surface area contributed by atoms with E-state index in [0.29, 0.717) is 47.1 Å². The molecule has 1 amide bonds. The standard InChI is InChI=1S/C29H28ClF6N3O3S/c1-27(2,17-11-18(28(31,32)33)13-19(12-17)29(34,35)36)26(40)38(3)24-15-37-25(39-10-9-20(16-39)43(4,41)42)14-22(24)21-7-5-6-8-23(21)30/h5-8,11-15,20H,9-10,16H2,1-4H3. The van der Waals surface area contributed by atoms with Gasteiger partial charge in [0.1, 0.15) is 5.82 Å². The highest BCUT2D eigenvalue weighted by Crippen LogP contribution is 2.42. The Bertz CT molecular complexity index is 1630. The van der Waals surface area contributed by atoms with Gasteiger partial charge in [0.15, 0.2) is 9.84 Å². The van der Waals surface area contributed by atoms with Crippen LogP contribution in [0.4, 0.5) is 37.8 Å². The zero-order valence-corrected chi connectivity index (χ0v) is 25.1. The number of carbonyl (C=O) groups excluding carboxylic acids is 1. The lowest BCUT2D eigenvalue weighted by atomic mass is 9.81. The van der Waals surface area contributed by atoms with Crippen LogP contribution < -0.4 is 9.80 Å². The predicted molar refractivity (Wildman–Crippen MR) is 153 cm³/mol. The van der Waals surface area contributed by atoms with E-state index in [4.69, 9.17) is 11.6 Å². The minimum atomic E-state index is -5.08. The van der Waals surface area contributed by atoms with Crippen molar-refractivity contribution in [2.24, 2.45) is 0 Å². The number of benzene rings is 2. The van der Waals surface area contributed by atoms with Crippen LogP contribution in [-0.4, -0.2) is 51.0 Å². The van der Waals surface area contributed by atoms with Crippen LogP contribution >= 0.6 is 11.6 Å². The highest BCUT2D eigenvalue weighted by Gasteiger charge is 2.41. The number of rotatable bonds is 6. The molecule has 1 atom stereocenters. The molecule has 0 saturated carbocycles. The largest absolute Gasteiger partial charge is 0.416 e. The van der Waals surface area contributed by atoms with E-state index in [1.165, 1.54) is 27.1 Å². The zero-order valence-electron chi connectivity index (χ0n) is 23.5.